The number of aromatic nitrogens is 1. The zero-order chi connectivity index (χ0) is 19.3. The fraction of sp³-hybridized carbons (Fsp3) is 0.455. The monoisotopic (exact) mass is 397 g/mol. The van der Waals surface area contributed by atoms with Crippen LogP contribution in [0.3, 0.4) is 0 Å². The van der Waals surface area contributed by atoms with Crippen LogP contribution in [0.15, 0.2) is 53.7 Å². The first kappa shape index (κ1) is 19.1. The van der Waals surface area contributed by atoms with Crippen LogP contribution in [0.5, 0.6) is 0 Å². The number of carbonyl (C=O) groups is 2. The highest BCUT2D eigenvalue weighted by Crippen LogP contribution is 2.28. The normalized spacial score (nSPS) is 17.9. The molecule has 28 heavy (non-hydrogen) atoms. The van der Waals surface area contributed by atoms with Crippen LogP contribution in [0.1, 0.15) is 42.1 Å². The van der Waals surface area contributed by atoms with Crippen LogP contribution in [0, 0.1) is 0 Å². The predicted octanol–water partition coefficient (Wildman–Crippen LogP) is 3.68. The molecule has 0 bridgehead atoms. The van der Waals surface area contributed by atoms with E-state index in [0.29, 0.717) is 11.8 Å². The van der Waals surface area contributed by atoms with Crippen LogP contribution >= 0.6 is 11.8 Å². The van der Waals surface area contributed by atoms with Crippen molar-refractivity contribution in [1.29, 1.82) is 0 Å². The molecule has 2 aliphatic rings. The van der Waals surface area contributed by atoms with Crippen LogP contribution < -0.4 is 0 Å². The van der Waals surface area contributed by atoms with Gasteiger partial charge in [0.15, 0.2) is 0 Å². The molecule has 0 atom stereocenters. The molecule has 2 aromatic rings. The second kappa shape index (κ2) is 8.86. The van der Waals surface area contributed by atoms with E-state index in [1.165, 1.54) is 11.8 Å². The van der Waals surface area contributed by atoms with Crippen molar-refractivity contribution in [2.75, 3.05) is 31.9 Å². The summed E-state index contributed by atoms with van der Waals surface area (Å²) < 4.78 is 2.25. The molecule has 1 aromatic heterocycles. The predicted molar refractivity (Wildman–Crippen MR) is 112 cm³/mol. The molecule has 0 unspecified atom stereocenters. The Bertz CT molecular complexity index is 807. The molecule has 4 rings (SSSR count). The van der Waals surface area contributed by atoms with Crippen molar-refractivity contribution >= 4 is 23.6 Å². The van der Waals surface area contributed by atoms with Crippen molar-refractivity contribution in [3.05, 3.63) is 54.4 Å². The quantitative estimate of drug-likeness (QED) is 0.723. The average molecular weight is 398 g/mol. The van der Waals surface area contributed by atoms with Crippen LogP contribution in [0.25, 0.3) is 0 Å². The SMILES string of the molecule is O=C(CSc1ccccc1C(=O)N1CCC(n2cccc2)CC1)N1CCCC1. The molecule has 0 spiro atoms. The molecule has 2 fully saturated rings. The molecular formula is C22H27N3O2S. The van der Waals surface area contributed by atoms with E-state index in [2.05, 4.69) is 29.1 Å². The van der Waals surface area contributed by atoms with E-state index in [1.807, 2.05) is 34.1 Å². The topological polar surface area (TPSA) is 45.6 Å². The molecule has 0 N–H and O–H groups in total. The number of nitrogens with zero attached hydrogens (tertiary/aromatic N) is 3. The number of hydrogen-bond donors (Lipinski definition) is 0. The Morgan fingerprint density at radius 1 is 0.893 bits per heavy atom. The van der Waals surface area contributed by atoms with E-state index in [1.54, 1.807) is 0 Å². The number of benzene rings is 1. The standard InChI is InChI=1S/C22H27N3O2S/c26-21(24-13-5-6-14-24)17-28-20-8-2-1-7-19(20)22(27)25-15-9-18(10-16-25)23-11-3-4-12-23/h1-4,7-8,11-12,18H,5-6,9-10,13-17H2. The van der Waals surface area contributed by atoms with E-state index in [-0.39, 0.29) is 11.8 Å². The van der Waals surface area contributed by atoms with Crippen molar-refractivity contribution in [1.82, 2.24) is 14.4 Å². The number of amides is 2. The molecule has 1 aromatic carbocycles. The van der Waals surface area contributed by atoms with Gasteiger partial charge in [-0.2, -0.15) is 0 Å². The van der Waals surface area contributed by atoms with Gasteiger partial charge in [-0.1, -0.05) is 12.1 Å². The first-order chi connectivity index (χ1) is 13.7. The third kappa shape index (κ3) is 4.27. The molecule has 0 aliphatic carbocycles. The number of thioether (sulfide) groups is 1. The molecule has 2 amide bonds. The Morgan fingerprint density at radius 2 is 1.57 bits per heavy atom. The third-order valence-electron chi connectivity index (χ3n) is 5.73. The fourth-order valence-electron chi connectivity index (χ4n) is 4.10. The van der Waals surface area contributed by atoms with Gasteiger partial charge in [0.05, 0.1) is 11.3 Å². The van der Waals surface area contributed by atoms with Gasteiger partial charge in [-0.05, 0) is 49.9 Å². The minimum Gasteiger partial charge on any atom is -0.351 e. The molecule has 2 saturated heterocycles. The van der Waals surface area contributed by atoms with Crippen molar-refractivity contribution in [3.8, 4) is 0 Å². The lowest BCUT2D eigenvalue weighted by Gasteiger charge is -2.33. The molecule has 3 heterocycles. The Labute approximate surface area is 170 Å². The Hall–Kier alpha value is -2.21. The van der Waals surface area contributed by atoms with Gasteiger partial charge in [0.2, 0.25) is 5.91 Å². The summed E-state index contributed by atoms with van der Waals surface area (Å²) in [5.74, 6) is 0.667. The largest absolute Gasteiger partial charge is 0.351 e. The lowest BCUT2D eigenvalue weighted by molar-refractivity contribution is -0.127. The van der Waals surface area contributed by atoms with E-state index in [9.17, 15) is 9.59 Å². The lowest BCUT2D eigenvalue weighted by Crippen LogP contribution is -2.39. The van der Waals surface area contributed by atoms with Gasteiger partial charge in [-0.15, -0.1) is 11.8 Å². The minimum atomic E-state index is 0.0858. The summed E-state index contributed by atoms with van der Waals surface area (Å²) in [5.41, 5.74) is 0.723. The van der Waals surface area contributed by atoms with Crippen LogP contribution in [0.4, 0.5) is 0 Å². The maximum atomic E-state index is 13.1. The number of piperidine rings is 1. The first-order valence-electron chi connectivity index (χ1n) is 10.1. The summed E-state index contributed by atoms with van der Waals surface area (Å²) in [6, 6.07) is 12.3. The van der Waals surface area contributed by atoms with Crippen molar-refractivity contribution < 1.29 is 9.59 Å². The summed E-state index contributed by atoms with van der Waals surface area (Å²) >= 11 is 1.49. The van der Waals surface area contributed by atoms with E-state index in [4.69, 9.17) is 0 Å². The number of rotatable bonds is 5. The molecule has 0 radical (unpaired) electrons. The molecular weight excluding hydrogens is 370 g/mol. The zero-order valence-electron chi connectivity index (χ0n) is 16.1. The van der Waals surface area contributed by atoms with E-state index >= 15 is 0 Å². The first-order valence-corrected chi connectivity index (χ1v) is 11.1. The average Bonchev–Trinajstić information content (AvgIpc) is 3.46. The molecule has 0 saturated carbocycles. The van der Waals surface area contributed by atoms with Crippen molar-refractivity contribution in [2.24, 2.45) is 0 Å². The van der Waals surface area contributed by atoms with Gasteiger partial charge in [-0.25, -0.2) is 0 Å². The highest BCUT2D eigenvalue weighted by Gasteiger charge is 2.26. The Morgan fingerprint density at radius 3 is 2.29 bits per heavy atom. The lowest BCUT2D eigenvalue weighted by atomic mass is 10.0. The summed E-state index contributed by atoms with van der Waals surface area (Å²) in [5, 5.41) is 0. The molecule has 5 nitrogen and oxygen atoms in total. The van der Waals surface area contributed by atoms with Gasteiger partial charge in [0.25, 0.3) is 5.91 Å². The van der Waals surface area contributed by atoms with Crippen molar-refractivity contribution in [3.63, 3.8) is 0 Å². The highest BCUT2D eigenvalue weighted by atomic mass is 32.2. The van der Waals surface area contributed by atoms with Crippen LogP contribution in [-0.2, 0) is 4.79 Å². The van der Waals surface area contributed by atoms with Gasteiger partial charge in [0.1, 0.15) is 0 Å². The maximum Gasteiger partial charge on any atom is 0.254 e. The van der Waals surface area contributed by atoms with Gasteiger partial charge < -0.3 is 14.4 Å². The second-order valence-corrected chi connectivity index (χ2v) is 8.54. The third-order valence-corrected chi connectivity index (χ3v) is 6.79. The van der Waals surface area contributed by atoms with Crippen LogP contribution in [0.2, 0.25) is 0 Å². The maximum absolute atomic E-state index is 13.1. The van der Waals surface area contributed by atoms with Gasteiger partial charge in [-0.3, -0.25) is 9.59 Å². The zero-order valence-corrected chi connectivity index (χ0v) is 16.9. The Balaban J connectivity index is 1.37. The number of hydrogen-bond acceptors (Lipinski definition) is 3. The van der Waals surface area contributed by atoms with E-state index < -0.39 is 0 Å². The smallest absolute Gasteiger partial charge is 0.254 e. The molecule has 2 aliphatic heterocycles. The number of carbonyl (C=O) groups excluding carboxylic acids is 2. The van der Waals surface area contributed by atoms with E-state index in [0.717, 1.165) is 62.3 Å². The van der Waals surface area contributed by atoms with Gasteiger partial charge >= 0.3 is 0 Å². The second-order valence-electron chi connectivity index (χ2n) is 7.53. The minimum absolute atomic E-state index is 0.0858. The molecule has 6 heteroatoms. The summed E-state index contributed by atoms with van der Waals surface area (Å²) in [4.78, 5) is 30.3. The summed E-state index contributed by atoms with van der Waals surface area (Å²) in [7, 11) is 0. The van der Waals surface area contributed by atoms with Gasteiger partial charge in [0, 0.05) is 49.5 Å². The highest BCUT2D eigenvalue weighted by molar-refractivity contribution is 8.00. The Kier molecular flexibility index (Phi) is 6.05. The molecule has 148 valence electrons. The van der Waals surface area contributed by atoms with Crippen molar-refractivity contribution in [2.45, 2.75) is 36.6 Å². The summed E-state index contributed by atoms with van der Waals surface area (Å²) in [6.07, 6.45) is 8.36. The van der Waals surface area contributed by atoms with Crippen LogP contribution in [-0.4, -0.2) is 58.1 Å². The fourth-order valence-corrected chi connectivity index (χ4v) is 5.04. The summed E-state index contributed by atoms with van der Waals surface area (Å²) in [6.45, 7) is 3.29. The number of likely N-dealkylation sites (tertiary alicyclic amines) is 2.